The summed E-state index contributed by atoms with van der Waals surface area (Å²) in [6.45, 7) is 2.59. The fourth-order valence-electron chi connectivity index (χ4n) is 2.57. The van der Waals surface area contributed by atoms with Crippen LogP contribution in [0.4, 0.5) is 0 Å². The van der Waals surface area contributed by atoms with Crippen LogP contribution >= 0.6 is 0 Å². The Labute approximate surface area is 139 Å². The van der Waals surface area contributed by atoms with Gasteiger partial charge in [-0.15, -0.1) is 0 Å². The Morgan fingerprint density at radius 3 is 2.58 bits per heavy atom. The number of nitrogens with zero attached hydrogens (tertiary/aromatic N) is 1. The Morgan fingerprint density at radius 1 is 1.12 bits per heavy atom. The molecule has 0 atom stereocenters. The van der Waals surface area contributed by atoms with Crippen LogP contribution in [0.15, 0.2) is 62.6 Å². The summed E-state index contributed by atoms with van der Waals surface area (Å²) in [6, 6.07) is 14.1. The largest absolute Gasteiger partial charge is 0.419 e. The Kier molecular flexibility index (Phi) is 4.55. The molecule has 2 aromatic carbocycles. The van der Waals surface area contributed by atoms with Crippen molar-refractivity contribution in [1.29, 1.82) is 0 Å². The van der Waals surface area contributed by atoms with Crippen LogP contribution in [0.5, 0.6) is 0 Å². The average Bonchev–Trinajstić information content (AvgIpc) is 2.89. The lowest BCUT2D eigenvalue weighted by Crippen LogP contribution is -2.26. The number of fused-ring (bicyclic) bond motifs is 1. The van der Waals surface area contributed by atoms with E-state index in [1.54, 1.807) is 6.07 Å². The van der Waals surface area contributed by atoms with E-state index in [9.17, 15) is 13.2 Å². The molecule has 0 fully saturated rings. The predicted octanol–water partition coefficient (Wildman–Crippen LogP) is 2.14. The highest BCUT2D eigenvalue weighted by molar-refractivity contribution is 7.89. The molecule has 1 N–H and O–H groups in total. The van der Waals surface area contributed by atoms with Crippen molar-refractivity contribution in [3.63, 3.8) is 0 Å². The Bertz CT molecular complexity index is 1000. The average molecular weight is 346 g/mol. The first-order valence-corrected chi connectivity index (χ1v) is 9.16. The molecule has 24 heavy (non-hydrogen) atoms. The minimum Gasteiger partial charge on any atom is -0.408 e. The molecule has 3 rings (SSSR count). The molecule has 0 bridgehead atoms. The summed E-state index contributed by atoms with van der Waals surface area (Å²) in [5, 5.41) is 0. The molecule has 0 unspecified atom stereocenters. The summed E-state index contributed by atoms with van der Waals surface area (Å²) in [4.78, 5) is 11.8. The third-order valence-electron chi connectivity index (χ3n) is 3.81. The quantitative estimate of drug-likeness (QED) is 0.741. The van der Waals surface area contributed by atoms with E-state index in [0.29, 0.717) is 25.0 Å². The molecule has 0 spiro atoms. The minimum atomic E-state index is -3.65. The second kappa shape index (κ2) is 6.62. The van der Waals surface area contributed by atoms with Crippen molar-refractivity contribution in [2.75, 3.05) is 6.54 Å². The molecule has 0 aliphatic carbocycles. The summed E-state index contributed by atoms with van der Waals surface area (Å²) in [7, 11) is -3.65. The van der Waals surface area contributed by atoms with E-state index in [1.807, 2.05) is 37.3 Å². The van der Waals surface area contributed by atoms with Gasteiger partial charge in [-0.2, -0.15) is 0 Å². The maximum Gasteiger partial charge on any atom is 0.419 e. The molecule has 3 aromatic rings. The SMILES string of the molecule is CCn1c(=O)oc2cc(S(=O)(=O)NCCc3ccccc3)ccc21. The van der Waals surface area contributed by atoms with Gasteiger partial charge in [-0.3, -0.25) is 4.57 Å². The predicted molar refractivity (Wildman–Crippen MR) is 91.5 cm³/mol. The second-order valence-electron chi connectivity index (χ2n) is 5.38. The number of oxazole rings is 1. The number of rotatable bonds is 6. The topological polar surface area (TPSA) is 81.3 Å². The van der Waals surface area contributed by atoms with Gasteiger partial charge in [-0.25, -0.2) is 17.9 Å². The lowest BCUT2D eigenvalue weighted by Gasteiger charge is -2.07. The highest BCUT2D eigenvalue weighted by Gasteiger charge is 2.16. The molecule has 0 aliphatic heterocycles. The van der Waals surface area contributed by atoms with Crippen LogP contribution in [0.2, 0.25) is 0 Å². The summed E-state index contributed by atoms with van der Waals surface area (Å²) in [5.74, 6) is -0.487. The van der Waals surface area contributed by atoms with Gasteiger partial charge in [0.1, 0.15) is 0 Å². The third-order valence-corrected chi connectivity index (χ3v) is 5.27. The first kappa shape index (κ1) is 16.5. The van der Waals surface area contributed by atoms with Crippen molar-refractivity contribution in [2.24, 2.45) is 0 Å². The second-order valence-corrected chi connectivity index (χ2v) is 7.14. The molecular weight excluding hydrogens is 328 g/mol. The van der Waals surface area contributed by atoms with Crippen LogP contribution in [0.25, 0.3) is 11.1 Å². The number of sulfonamides is 1. The molecule has 0 saturated carbocycles. The van der Waals surface area contributed by atoms with Gasteiger partial charge in [0.25, 0.3) is 0 Å². The van der Waals surface area contributed by atoms with Crippen LogP contribution in [0.3, 0.4) is 0 Å². The molecule has 7 heteroatoms. The van der Waals surface area contributed by atoms with Crippen molar-refractivity contribution in [2.45, 2.75) is 24.8 Å². The Balaban J connectivity index is 1.79. The van der Waals surface area contributed by atoms with Crippen molar-refractivity contribution >= 4 is 21.1 Å². The number of nitrogens with one attached hydrogen (secondary N) is 1. The monoisotopic (exact) mass is 346 g/mol. The van der Waals surface area contributed by atoms with Crippen LogP contribution < -0.4 is 10.5 Å². The molecule has 6 nitrogen and oxygen atoms in total. The molecule has 0 amide bonds. The summed E-state index contributed by atoms with van der Waals surface area (Å²) in [6.07, 6.45) is 0.601. The fraction of sp³-hybridized carbons (Fsp3) is 0.235. The molecule has 0 aliphatic rings. The number of hydrogen-bond donors (Lipinski definition) is 1. The van der Waals surface area contributed by atoms with Gasteiger partial charge >= 0.3 is 5.76 Å². The molecule has 126 valence electrons. The van der Waals surface area contributed by atoms with E-state index in [2.05, 4.69) is 4.72 Å². The lowest BCUT2D eigenvalue weighted by atomic mass is 10.2. The number of aromatic nitrogens is 1. The van der Waals surface area contributed by atoms with E-state index in [4.69, 9.17) is 4.42 Å². The maximum absolute atomic E-state index is 12.4. The summed E-state index contributed by atoms with van der Waals surface area (Å²) >= 11 is 0. The van der Waals surface area contributed by atoms with Gasteiger partial charge < -0.3 is 4.42 Å². The first-order valence-electron chi connectivity index (χ1n) is 7.68. The van der Waals surface area contributed by atoms with Crippen LogP contribution in [-0.2, 0) is 23.0 Å². The lowest BCUT2D eigenvalue weighted by molar-refractivity contribution is 0.512. The molecule has 0 saturated heterocycles. The molecule has 1 heterocycles. The number of aryl methyl sites for hydroxylation is 1. The number of hydrogen-bond acceptors (Lipinski definition) is 4. The maximum atomic E-state index is 12.4. The van der Waals surface area contributed by atoms with E-state index >= 15 is 0 Å². The van der Waals surface area contributed by atoms with Crippen molar-refractivity contribution in [3.05, 3.63) is 64.6 Å². The first-order chi connectivity index (χ1) is 11.5. The van der Waals surface area contributed by atoms with E-state index in [0.717, 1.165) is 5.56 Å². The standard InChI is InChI=1S/C17H18N2O4S/c1-2-19-15-9-8-14(12-16(15)23-17(19)20)24(21,22)18-11-10-13-6-4-3-5-7-13/h3-9,12,18H,2,10-11H2,1H3. The molecule has 1 aromatic heterocycles. The minimum absolute atomic E-state index is 0.0834. The van der Waals surface area contributed by atoms with Crippen LogP contribution in [-0.4, -0.2) is 19.5 Å². The highest BCUT2D eigenvalue weighted by Crippen LogP contribution is 2.18. The highest BCUT2D eigenvalue weighted by atomic mass is 32.2. The third kappa shape index (κ3) is 3.27. The van der Waals surface area contributed by atoms with Gasteiger partial charge in [0, 0.05) is 19.2 Å². The zero-order valence-electron chi connectivity index (χ0n) is 13.2. The number of benzene rings is 2. The Hall–Kier alpha value is -2.38. The van der Waals surface area contributed by atoms with Crippen molar-refractivity contribution in [1.82, 2.24) is 9.29 Å². The van der Waals surface area contributed by atoms with Gasteiger partial charge in [-0.1, -0.05) is 30.3 Å². The van der Waals surface area contributed by atoms with Crippen molar-refractivity contribution < 1.29 is 12.8 Å². The zero-order valence-corrected chi connectivity index (χ0v) is 14.0. The summed E-state index contributed by atoms with van der Waals surface area (Å²) in [5.41, 5.74) is 1.92. The van der Waals surface area contributed by atoms with Gasteiger partial charge in [0.2, 0.25) is 10.0 Å². The van der Waals surface area contributed by atoms with Crippen molar-refractivity contribution in [3.8, 4) is 0 Å². The smallest absolute Gasteiger partial charge is 0.408 e. The van der Waals surface area contributed by atoms with Gasteiger partial charge in [-0.05, 0) is 31.0 Å². The zero-order chi connectivity index (χ0) is 17.2. The molecular formula is C17H18N2O4S. The van der Waals surface area contributed by atoms with E-state index in [-0.39, 0.29) is 10.5 Å². The van der Waals surface area contributed by atoms with Crippen LogP contribution in [0.1, 0.15) is 12.5 Å². The van der Waals surface area contributed by atoms with Crippen LogP contribution in [0, 0.1) is 0 Å². The molecule has 0 radical (unpaired) electrons. The van der Waals surface area contributed by atoms with Gasteiger partial charge in [0.05, 0.1) is 10.4 Å². The summed E-state index contributed by atoms with van der Waals surface area (Å²) < 4.78 is 33.9. The van der Waals surface area contributed by atoms with Gasteiger partial charge in [0.15, 0.2) is 5.58 Å². The van der Waals surface area contributed by atoms with E-state index < -0.39 is 15.8 Å². The Morgan fingerprint density at radius 2 is 1.88 bits per heavy atom. The fourth-order valence-corrected chi connectivity index (χ4v) is 3.62. The normalized spacial score (nSPS) is 11.9. The van der Waals surface area contributed by atoms with E-state index in [1.165, 1.54) is 16.7 Å².